The summed E-state index contributed by atoms with van der Waals surface area (Å²) in [4.78, 5) is 43.6. The van der Waals surface area contributed by atoms with Gasteiger partial charge in [-0.2, -0.15) is 4.31 Å². The fourth-order valence-electron chi connectivity index (χ4n) is 4.89. The van der Waals surface area contributed by atoms with Gasteiger partial charge in [-0.3, -0.25) is 14.4 Å². The Morgan fingerprint density at radius 3 is 2.26 bits per heavy atom. The molecule has 0 spiro atoms. The Kier molecular flexibility index (Phi) is 9.42. The molecule has 0 unspecified atom stereocenters. The zero-order valence-corrected chi connectivity index (χ0v) is 24.3. The first-order chi connectivity index (χ1) is 18.7. The lowest BCUT2D eigenvalue weighted by Crippen LogP contribution is -2.40. The molecule has 212 valence electrons. The van der Waals surface area contributed by atoms with E-state index in [4.69, 9.17) is 4.74 Å². The van der Waals surface area contributed by atoms with Crippen molar-refractivity contribution in [2.75, 3.05) is 51.3 Å². The molecule has 39 heavy (non-hydrogen) atoms. The van der Waals surface area contributed by atoms with Gasteiger partial charge in [0.15, 0.2) is 0 Å². The Morgan fingerprint density at radius 1 is 1.03 bits per heavy atom. The topological polar surface area (TPSA) is 116 Å². The number of amides is 3. The molecule has 0 saturated carbocycles. The Hall–Kier alpha value is -2.80. The predicted molar refractivity (Wildman–Crippen MR) is 150 cm³/mol. The van der Waals surface area contributed by atoms with E-state index in [-0.39, 0.29) is 22.3 Å². The molecule has 1 N–H and O–H groups in total. The van der Waals surface area contributed by atoms with Crippen molar-refractivity contribution in [1.29, 1.82) is 0 Å². The zero-order chi connectivity index (χ0) is 28.2. The molecule has 0 radical (unpaired) electrons. The first kappa shape index (κ1) is 29.2. The fraction of sp³-hybridized carbons (Fsp3) is 0.519. The van der Waals surface area contributed by atoms with Gasteiger partial charge in [-0.05, 0) is 49.1 Å². The average Bonchev–Trinajstić information content (AvgIpc) is 3.30. The van der Waals surface area contributed by atoms with Gasteiger partial charge < -0.3 is 19.9 Å². The fourth-order valence-corrected chi connectivity index (χ4v) is 7.55. The first-order valence-corrected chi connectivity index (χ1v) is 15.6. The van der Waals surface area contributed by atoms with E-state index in [9.17, 15) is 22.8 Å². The van der Waals surface area contributed by atoms with Gasteiger partial charge in [-0.1, -0.05) is 13.8 Å². The Balaban J connectivity index is 1.61. The molecule has 3 amide bonds. The number of ether oxygens (including phenoxy) is 1. The van der Waals surface area contributed by atoms with Crippen LogP contribution in [-0.2, 0) is 32.5 Å². The second-order valence-corrected chi connectivity index (χ2v) is 12.7. The van der Waals surface area contributed by atoms with Crippen LogP contribution in [0.25, 0.3) is 0 Å². The monoisotopic (exact) mass is 576 g/mol. The lowest BCUT2D eigenvalue weighted by Gasteiger charge is -2.27. The highest BCUT2D eigenvalue weighted by Gasteiger charge is 2.32. The second-order valence-electron chi connectivity index (χ2n) is 9.69. The highest BCUT2D eigenvalue weighted by Crippen LogP contribution is 2.38. The van der Waals surface area contributed by atoms with Gasteiger partial charge in [-0.25, -0.2) is 8.42 Å². The van der Waals surface area contributed by atoms with Crippen LogP contribution in [0.1, 0.15) is 64.8 Å². The predicted octanol–water partition coefficient (Wildman–Crippen LogP) is 3.19. The zero-order valence-electron chi connectivity index (χ0n) is 22.7. The number of fused-ring (bicyclic) bond motifs is 1. The highest BCUT2D eigenvalue weighted by molar-refractivity contribution is 7.89. The lowest BCUT2D eigenvalue weighted by atomic mass is 10.0. The van der Waals surface area contributed by atoms with E-state index in [1.54, 1.807) is 4.90 Å². The molecule has 0 bridgehead atoms. The van der Waals surface area contributed by atoms with Gasteiger partial charge in [0.05, 0.1) is 30.2 Å². The summed E-state index contributed by atoms with van der Waals surface area (Å²) in [5.74, 6) is -0.577. The number of hydrogen-bond acceptors (Lipinski definition) is 7. The maximum Gasteiger partial charge on any atom is 0.257 e. The van der Waals surface area contributed by atoms with Crippen LogP contribution in [-0.4, -0.2) is 86.2 Å². The third-order valence-electron chi connectivity index (χ3n) is 6.94. The summed E-state index contributed by atoms with van der Waals surface area (Å²) >= 11 is 1.33. The van der Waals surface area contributed by atoms with Gasteiger partial charge in [0.2, 0.25) is 15.9 Å². The molecular weight excluding hydrogens is 540 g/mol. The van der Waals surface area contributed by atoms with Crippen LogP contribution < -0.4 is 5.32 Å². The Morgan fingerprint density at radius 2 is 1.67 bits per heavy atom. The summed E-state index contributed by atoms with van der Waals surface area (Å²) in [6, 6.07) is 5.83. The number of nitrogens with zero attached hydrogens (tertiary/aromatic N) is 3. The summed E-state index contributed by atoms with van der Waals surface area (Å²) in [5, 5.41) is 3.38. The molecule has 2 aliphatic rings. The van der Waals surface area contributed by atoms with Crippen molar-refractivity contribution in [2.45, 2.75) is 51.5 Å². The third kappa shape index (κ3) is 6.34. The van der Waals surface area contributed by atoms with Gasteiger partial charge in [0, 0.05) is 50.1 Å². The number of nitrogens with one attached hydrogen (secondary N) is 1. The smallest absolute Gasteiger partial charge is 0.257 e. The lowest BCUT2D eigenvalue weighted by molar-refractivity contribution is -0.129. The van der Waals surface area contributed by atoms with Crippen LogP contribution in [0.2, 0.25) is 0 Å². The van der Waals surface area contributed by atoms with Crippen LogP contribution in [0.15, 0.2) is 29.2 Å². The molecule has 10 nitrogen and oxygen atoms in total. The number of anilines is 1. The van der Waals surface area contributed by atoms with E-state index in [0.29, 0.717) is 69.5 Å². The standard InChI is InChI=1S/C27H36N4O6S2/c1-4-11-29(12-5-2)27(34)24-22-10-13-30(19(3)32)18-23(22)38-26(24)28-25(33)20-6-8-21(9-7-20)39(35,36)31-14-16-37-17-15-31/h6-9H,4-5,10-18H2,1-3H3,(H,28,33). The summed E-state index contributed by atoms with van der Waals surface area (Å²) in [7, 11) is -3.67. The van der Waals surface area contributed by atoms with Crippen LogP contribution in [0.3, 0.4) is 0 Å². The summed E-state index contributed by atoms with van der Waals surface area (Å²) < 4.78 is 32.5. The molecular formula is C27H36N4O6S2. The molecule has 1 aromatic carbocycles. The van der Waals surface area contributed by atoms with Crippen molar-refractivity contribution in [3.8, 4) is 0 Å². The average molecular weight is 577 g/mol. The molecule has 0 atom stereocenters. The minimum atomic E-state index is -3.67. The van der Waals surface area contributed by atoms with Gasteiger partial charge in [0.1, 0.15) is 5.00 Å². The van der Waals surface area contributed by atoms with Crippen LogP contribution >= 0.6 is 11.3 Å². The quantitative estimate of drug-likeness (QED) is 0.490. The maximum absolute atomic E-state index is 13.7. The van der Waals surface area contributed by atoms with Crippen molar-refractivity contribution in [2.24, 2.45) is 0 Å². The minimum Gasteiger partial charge on any atom is -0.379 e. The molecule has 2 aromatic rings. The number of carbonyl (C=O) groups is 3. The number of benzene rings is 1. The molecule has 12 heteroatoms. The molecule has 3 heterocycles. The molecule has 4 rings (SSSR count). The number of rotatable bonds is 9. The summed E-state index contributed by atoms with van der Waals surface area (Å²) in [6.07, 6.45) is 2.18. The van der Waals surface area contributed by atoms with E-state index in [1.165, 1.54) is 46.8 Å². The van der Waals surface area contributed by atoms with E-state index in [0.717, 1.165) is 23.3 Å². The number of thiophene rings is 1. The van der Waals surface area contributed by atoms with Gasteiger partial charge in [-0.15, -0.1) is 11.3 Å². The SMILES string of the molecule is CCCN(CCC)C(=O)c1c(NC(=O)c2ccc(S(=O)(=O)N3CCOCC3)cc2)sc2c1CCN(C(C)=O)C2. The molecule has 1 saturated heterocycles. The number of sulfonamides is 1. The van der Waals surface area contributed by atoms with Crippen LogP contribution in [0, 0.1) is 0 Å². The molecule has 2 aliphatic heterocycles. The van der Waals surface area contributed by atoms with E-state index >= 15 is 0 Å². The first-order valence-electron chi connectivity index (χ1n) is 13.4. The number of morpholine rings is 1. The molecule has 0 aliphatic carbocycles. The van der Waals surface area contributed by atoms with Crippen molar-refractivity contribution in [1.82, 2.24) is 14.1 Å². The molecule has 1 fully saturated rings. The van der Waals surface area contributed by atoms with Gasteiger partial charge >= 0.3 is 0 Å². The summed E-state index contributed by atoms with van der Waals surface area (Å²) in [5.41, 5.74) is 1.67. The van der Waals surface area contributed by atoms with Crippen LogP contribution in [0.5, 0.6) is 0 Å². The molecule has 1 aromatic heterocycles. The van der Waals surface area contributed by atoms with Crippen molar-refractivity contribution >= 4 is 44.1 Å². The highest BCUT2D eigenvalue weighted by atomic mass is 32.2. The van der Waals surface area contributed by atoms with E-state index in [1.807, 2.05) is 18.7 Å². The maximum atomic E-state index is 13.7. The van der Waals surface area contributed by atoms with E-state index in [2.05, 4.69) is 5.32 Å². The second kappa shape index (κ2) is 12.6. The van der Waals surface area contributed by atoms with Crippen molar-refractivity contribution in [3.05, 3.63) is 45.8 Å². The number of carbonyl (C=O) groups excluding carboxylic acids is 3. The van der Waals surface area contributed by atoms with Gasteiger partial charge in [0.25, 0.3) is 11.8 Å². The third-order valence-corrected chi connectivity index (χ3v) is 9.99. The largest absolute Gasteiger partial charge is 0.379 e. The van der Waals surface area contributed by atoms with Crippen LogP contribution in [0.4, 0.5) is 5.00 Å². The Bertz CT molecular complexity index is 1310. The Labute approximate surface area is 234 Å². The minimum absolute atomic E-state index is 0.0294. The van der Waals surface area contributed by atoms with E-state index < -0.39 is 15.9 Å². The number of hydrogen-bond donors (Lipinski definition) is 1. The normalized spacial score (nSPS) is 16.0. The summed E-state index contributed by atoms with van der Waals surface area (Å²) in [6.45, 7) is 9.01. The van der Waals surface area contributed by atoms with Crippen molar-refractivity contribution in [3.63, 3.8) is 0 Å². The van der Waals surface area contributed by atoms with Crippen molar-refractivity contribution < 1.29 is 27.5 Å².